The molecule has 5 heteroatoms. The first-order chi connectivity index (χ1) is 9.08. The summed E-state index contributed by atoms with van der Waals surface area (Å²) in [6.45, 7) is 1.81. The Hall–Kier alpha value is -2.07. The third-order valence-corrected chi connectivity index (χ3v) is 3.12. The number of hydrogen-bond acceptors (Lipinski definition) is 3. The fraction of sp³-hybridized carbons (Fsp3) is 0.143. The van der Waals surface area contributed by atoms with Gasteiger partial charge in [-0.05, 0) is 36.8 Å². The maximum Gasteiger partial charge on any atom is 0.231 e. The third-order valence-electron chi connectivity index (χ3n) is 2.82. The van der Waals surface area contributed by atoms with Crippen LogP contribution < -0.4 is 11.1 Å². The number of carbonyl (C=O) groups excluding carboxylic acids is 1. The van der Waals surface area contributed by atoms with E-state index in [0.29, 0.717) is 11.4 Å². The van der Waals surface area contributed by atoms with Gasteiger partial charge in [-0.15, -0.1) is 0 Å². The predicted molar refractivity (Wildman–Crippen MR) is 77.1 cm³/mol. The number of benzene rings is 1. The van der Waals surface area contributed by atoms with E-state index in [0.717, 1.165) is 5.56 Å². The number of nitrogens with two attached hydrogens (primary N) is 1. The van der Waals surface area contributed by atoms with Crippen molar-refractivity contribution < 1.29 is 4.79 Å². The smallest absolute Gasteiger partial charge is 0.231 e. The molecule has 1 aromatic heterocycles. The van der Waals surface area contributed by atoms with Crippen LogP contribution in [0.25, 0.3) is 0 Å². The Bertz CT molecular complexity index is 601. The number of pyridine rings is 1. The number of rotatable bonds is 3. The summed E-state index contributed by atoms with van der Waals surface area (Å²) in [6.07, 6.45) is 1.57. The summed E-state index contributed by atoms with van der Waals surface area (Å²) in [6, 6.07) is 10.7. The Balaban J connectivity index is 2.14. The molecular weight excluding hydrogens is 262 g/mol. The maximum atomic E-state index is 12.1. The van der Waals surface area contributed by atoms with Crippen LogP contribution in [0.4, 0.5) is 11.4 Å². The van der Waals surface area contributed by atoms with Crippen LogP contribution in [0, 0.1) is 0 Å². The molecule has 2 aromatic rings. The molecule has 19 heavy (non-hydrogen) atoms. The molecule has 0 saturated heterocycles. The van der Waals surface area contributed by atoms with Crippen LogP contribution in [0.15, 0.2) is 42.6 Å². The highest BCUT2D eigenvalue weighted by Crippen LogP contribution is 2.22. The van der Waals surface area contributed by atoms with Crippen molar-refractivity contribution in [3.05, 3.63) is 53.3 Å². The first-order valence-corrected chi connectivity index (χ1v) is 6.22. The van der Waals surface area contributed by atoms with Crippen molar-refractivity contribution in [1.29, 1.82) is 0 Å². The summed E-state index contributed by atoms with van der Waals surface area (Å²) >= 11 is 5.90. The van der Waals surface area contributed by atoms with Crippen LogP contribution >= 0.6 is 11.6 Å². The van der Waals surface area contributed by atoms with Crippen LogP contribution in [0.3, 0.4) is 0 Å². The average molecular weight is 276 g/mol. The molecule has 1 amide bonds. The van der Waals surface area contributed by atoms with E-state index in [-0.39, 0.29) is 17.0 Å². The van der Waals surface area contributed by atoms with Gasteiger partial charge in [0.15, 0.2) is 5.15 Å². The zero-order valence-electron chi connectivity index (χ0n) is 10.4. The van der Waals surface area contributed by atoms with Gasteiger partial charge in [0, 0.05) is 11.9 Å². The molecule has 4 nitrogen and oxygen atoms in total. The molecule has 2 rings (SSSR count). The molecule has 1 unspecified atom stereocenters. The second-order valence-electron chi connectivity index (χ2n) is 4.22. The second kappa shape index (κ2) is 5.71. The van der Waals surface area contributed by atoms with Crippen LogP contribution in [0.5, 0.6) is 0 Å². The van der Waals surface area contributed by atoms with E-state index >= 15 is 0 Å². The molecule has 0 spiro atoms. The molecular formula is C14H14ClN3O. The summed E-state index contributed by atoms with van der Waals surface area (Å²) in [7, 11) is 0. The van der Waals surface area contributed by atoms with Gasteiger partial charge in [0.05, 0.1) is 11.6 Å². The van der Waals surface area contributed by atoms with Crippen molar-refractivity contribution in [1.82, 2.24) is 4.98 Å². The molecule has 1 heterocycles. The number of nitrogens with zero attached hydrogens (tertiary/aromatic N) is 1. The van der Waals surface area contributed by atoms with Gasteiger partial charge >= 0.3 is 0 Å². The minimum Gasteiger partial charge on any atom is -0.399 e. The van der Waals surface area contributed by atoms with E-state index in [4.69, 9.17) is 17.3 Å². The highest BCUT2D eigenvalue weighted by atomic mass is 35.5. The first-order valence-electron chi connectivity index (χ1n) is 5.84. The quantitative estimate of drug-likeness (QED) is 0.668. The highest BCUT2D eigenvalue weighted by Gasteiger charge is 2.16. The topological polar surface area (TPSA) is 68.0 Å². The Morgan fingerprint density at radius 2 is 2.16 bits per heavy atom. The lowest BCUT2D eigenvalue weighted by Crippen LogP contribution is -2.19. The number of hydrogen-bond donors (Lipinski definition) is 2. The molecule has 1 aromatic carbocycles. The van der Waals surface area contributed by atoms with Crippen LogP contribution in [-0.4, -0.2) is 10.9 Å². The number of carbonyl (C=O) groups is 1. The van der Waals surface area contributed by atoms with Gasteiger partial charge in [0.1, 0.15) is 0 Å². The first kappa shape index (κ1) is 13.4. The van der Waals surface area contributed by atoms with Crippen molar-refractivity contribution in [2.24, 2.45) is 0 Å². The summed E-state index contributed by atoms with van der Waals surface area (Å²) in [5.41, 5.74) is 7.71. The van der Waals surface area contributed by atoms with Crippen molar-refractivity contribution in [2.45, 2.75) is 12.8 Å². The molecule has 98 valence electrons. The van der Waals surface area contributed by atoms with E-state index < -0.39 is 0 Å². The number of aromatic nitrogens is 1. The van der Waals surface area contributed by atoms with E-state index in [1.165, 1.54) is 0 Å². The summed E-state index contributed by atoms with van der Waals surface area (Å²) in [5, 5.41) is 3.03. The van der Waals surface area contributed by atoms with E-state index in [1.54, 1.807) is 30.5 Å². The molecule has 0 bridgehead atoms. The molecule has 0 aliphatic heterocycles. The predicted octanol–water partition coefficient (Wildman–Crippen LogP) is 3.06. The Morgan fingerprint density at radius 1 is 1.37 bits per heavy atom. The molecule has 0 radical (unpaired) electrons. The Labute approximate surface area is 116 Å². The third kappa shape index (κ3) is 3.23. The van der Waals surface area contributed by atoms with Crippen molar-refractivity contribution in [2.75, 3.05) is 11.1 Å². The minimum atomic E-state index is -0.320. The average Bonchev–Trinajstić information content (AvgIpc) is 2.40. The SMILES string of the molecule is CC(C(=O)Nc1cccnc1Cl)c1cccc(N)c1. The summed E-state index contributed by atoms with van der Waals surface area (Å²) < 4.78 is 0. The van der Waals surface area contributed by atoms with Gasteiger partial charge < -0.3 is 11.1 Å². The number of nitrogen functional groups attached to an aromatic ring is 1. The number of nitrogens with one attached hydrogen (secondary N) is 1. The monoisotopic (exact) mass is 275 g/mol. The Morgan fingerprint density at radius 3 is 2.84 bits per heavy atom. The summed E-state index contributed by atoms with van der Waals surface area (Å²) in [4.78, 5) is 16.0. The fourth-order valence-corrected chi connectivity index (χ4v) is 1.87. The van der Waals surface area contributed by atoms with Gasteiger partial charge in [-0.25, -0.2) is 4.98 Å². The standard InChI is InChI=1S/C14H14ClN3O/c1-9(10-4-2-5-11(16)8-10)14(19)18-12-6-3-7-17-13(12)15/h2-9H,16H2,1H3,(H,18,19). The molecule has 1 atom stereocenters. The van der Waals surface area contributed by atoms with Crippen LogP contribution in [0.1, 0.15) is 18.4 Å². The van der Waals surface area contributed by atoms with Crippen molar-refractivity contribution in [3.63, 3.8) is 0 Å². The van der Waals surface area contributed by atoms with Gasteiger partial charge in [-0.1, -0.05) is 23.7 Å². The highest BCUT2D eigenvalue weighted by molar-refractivity contribution is 6.32. The molecule has 3 N–H and O–H groups in total. The maximum absolute atomic E-state index is 12.1. The second-order valence-corrected chi connectivity index (χ2v) is 4.58. The van der Waals surface area contributed by atoms with Crippen LogP contribution in [0.2, 0.25) is 5.15 Å². The largest absolute Gasteiger partial charge is 0.399 e. The normalized spacial score (nSPS) is 11.9. The minimum absolute atomic E-state index is 0.152. The van der Waals surface area contributed by atoms with E-state index in [9.17, 15) is 4.79 Å². The number of anilines is 2. The Kier molecular flexibility index (Phi) is 4.02. The van der Waals surface area contributed by atoms with E-state index in [1.807, 2.05) is 19.1 Å². The number of amides is 1. The van der Waals surface area contributed by atoms with Gasteiger partial charge in [0.25, 0.3) is 0 Å². The fourth-order valence-electron chi connectivity index (χ4n) is 1.70. The zero-order chi connectivity index (χ0) is 13.8. The number of halogens is 1. The lowest BCUT2D eigenvalue weighted by molar-refractivity contribution is -0.117. The van der Waals surface area contributed by atoms with Crippen molar-refractivity contribution >= 4 is 28.9 Å². The molecule has 0 fully saturated rings. The lowest BCUT2D eigenvalue weighted by Gasteiger charge is -2.13. The van der Waals surface area contributed by atoms with Crippen LogP contribution in [-0.2, 0) is 4.79 Å². The molecule has 0 aliphatic rings. The van der Waals surface area contributed by atoms with Crippen molar-refractivity contribution in [3.8, 4) is 0 Å². The van der Waals surface area contributed by atoms with Gasteiger partial charge in [0.2, 0.25) is 5.91 Å². The van der Waals surface area contributed by atoms with Gasteiger partial charge in [-0.2, -0.15) is 0 Å². The van der Waals surface area contributed by atoms with E-state index in [2.05, 4.69) is 10.3 Å². The molecule has 0 saturated carbocycles. The summed E-state index contributed by atoms with van der Waals surface area (Å²) in [5.74, 6) is -0.472. The zero-order valence-corrected chi connectivity index (χ0v) is 11.2. The lowest BCUT2D eigenvalue weighted by atomic mass is 10.00. The van der Waals surface area contributed by atoms with Gasteiger partial charge in [-0.3, -0.25) is 4.79 Å². The molecule has 0 aliphatic carbocycles.